The van der Waals surface area contributed by atoms with Gasteiger partial charge in [-0.15, -0.1) is 0 Å². The third kappa shape index (κ3) is 3.54. The van der Waals surface area contributed by atoms with Gasteiger partial charge in [-0.25, -0.2) is 9.97 Å². The molecule has 2 aromatic heterocycles. The van der Waals surface area contributed by atoms with Gasteiger partial charge in [-0.3, -0.25) is 14.9 Å². The molecule has 8 nitrogen and oxygen atoms in total. The SMILES string of the molecule is CCc1cnc(CNC(=O)c2cc(Cl)ncc2[N+](=O)[O-])o1. The van der Waals surface area contributed by atoms with E-state index >= 15 is 0 Å². The number of aryl methyl sites for hydroxylation is 1. The van der Waals surface area contributed by atoms with E-state index in [0.29, 0.717) is 18.1 Å². The van der Waals surface area contributed by atoms with E-state index in [2.05, 4.69) is 15.3 Å². The molecular formula is C12H11ClN4O4. The molecule has 0 aromatic carbocycles. The number of aromatic nitrogens is 2. The van der Waals surface area contributed by atoms with Crippen LogP contribution in [0.25, 0.3) is 0 Å². The van der Waals surface area contributed by atoms with E-state index < -0.39 is 16.5 Å². The predicted octanol–water partition coefficient (Wildman–Crippen LogP) is 2.12. The molecule has 9 heteroatoms. The number of amides is 1. The van der Waals surface area contributed by atoms with Crippen molar-refractivity contribution >= 4 is 23.2 Å². The minimum Gasteiger partial charge on any atom is -0.444 e. The van der Waals surface area contributed by atoms with Crippen molar-refractivity contribution in [2.75, 3.05) is 0 Å². The summed E-state index contributed by atoms with van der Waals surface area (Å²) in [6.45, 7) is 1.93. The van der Waals surface area contributed by atoms with Gasteiger partial charge >= 0.3 is 0 Å². The Labute approximate surface area is 124 Å². The lowest BCUT2D eigenvalue weighted by molar-refractivity contribution is -0.385. The molecule has 0 aliphatic heterocycles. The first-order valence-corrected chi connectivity index (χ1v) is 6.40. The number of nitro groups is 1. The summed E-state index contributed by atoms with van der Waals surface area (Å²) in [6.07, 6.45) is 3.19. The van der Waals surface area contributed by atoms with Gasteiger partial charge in [0.25, 0.3) is 11.6 Å². The molecule has 2 heterocycles. The maximum atomic E-state index is 12.0. The van der Waals surface area contributed by atoms with Crippen molar-refractivity contribution in [3.05, 3.63) is 50.9 Å². The number of rotatable bonds is 5. The third-order valence-corrected chi connectivity index (χ3v) is 2.85. The fraction of sp³-hybridized carbons (Fsp3) is 0.250. The van der Waals surface area contributed by atoms with E-state index in [-0.39, 0.29) is 17.3 Å². The van der Waals surface area contributed by atoms with Crippen LogP contribution in [0.4, 0.5) is 5.69 Å². The minimum absolute atomic E-state index is 0.00450. The predicted molar refractivity (Wildman–Crippen MR) is 73.0 cm³/mol. The Morgan fingerprint density at radius 2 is 2.24 bits per heavy atom. The van der Waals surface area contributed by atoms with Crippen LogP contribution in [0.5, 0.6) is 0 Å². The van der Waals surface area contributed by atoms with Crippen molar-refractivity contribution in [3.63, 3.8) is 0 Å². The van der Waals surface area contributed by atoms with Crippen LogP contribution in [0.3, 0.4) is 0 Å². The summed E-state index contributed by atoms with van der Waals surface area (Å²) >= 11 is 5.66. The molecule has 0 spiro atoms. The van der Waals surface area contributed by atoms with Crippen LogP contribution in [0, 0.1) is 10.1 Å². The summed E-state index contributed by atoms with van der Waals surface area (Å²) < 4.78 is 5.32. The van der Waals surface area contributed by atoms with Crippen molar-refractivity contribution in [1.82, 2.24) is 15.3 Å². The maximum Gasteiger partial charge on any atom is 0.300 e. The minimum atomic E-state index is -0.696. The molecule has 2 aromatic rings. The molecule has 110 valence electrons. The van der Waals surface area contributed by atoms with Gasteiger partial charge in [0.05, 0.1) is 17.7 Å². The number of halogens is 1. The van der Waals surface area contributed by atoms with Crippen LogP contribution in [-0.4, -0.2) is 20.8 Å². The lowest BCUT2D eigenvalue weighted by atomic mass is 10.2. The fourth-order valence-electron chi connectivity index (χ4n) is 1.59. The first kappa shape index (κ1) is 14.9. The largest absolute Gasteiger partial charge is 0.444 e. The molecule has 2 rings (SSSR count). The Morgan fingerprint density at radius 1 is 1.48 bits per heavy atom. The molecule has 0 saturated carbocycles. The van der Waals surface area contributed by atoms with Gasteiger partial charge in [-0.1, -0.05) is 18.5 Å². The highest BCUT2D eigenvalue weighted by Gasteiger charge is 2.21. The van der Waals surface area contributed by atoms with Gasteiger partial charge in [-0.2, -0.15) is 0 Å². The van der Waals surface area contributed by atoms with E-state index in [0.717, 1.165) is 12.3 Å². The van der Waals surface area contributed by atoms with Gasteiger partial charge in [0, 0.05) is 6.42 Å². The standard InChI is InChI=1S/C12H11ClN4O4/c1-2-7-4-15-11(21-7)6-16-12(18)8-3-10(13)14-5-9(8)17(19)20/h3-5H,2,6H2,1H3,(H,16,18). The maximum absolute atomic E-state index is 12.0. The van der Waals surface area contributed by atoms with Gasteiger partial charge in [-0.05, 0) is 6.07 Å². The van der Waals surface area contributed by atoms with Crippen molar-refractivity contribution in [2.45, 2.75) is 19.9 Å². The lowest BCUT2D eigenvalue weighted by Gasteiger charge is -2.04. The second-order valence-electron chi connectivity index (χ2n) is 4.04. The number of hydrogen-bond acceptors (Lipinski definition) is 6. The van der Waals surface area contributed by atoms with Crippen LogP contribution >= 0.6 is 11.6 Å². The van der Waals surface area contributed by atoms with Crippen LogP contribution in [0.2, 0.25) is 5.15 Å². The summed E-state index contributed by atoms with van der Waals surface area (Å²) in [5.41, 5.74) is -0.583. The van der Waals surface area contributed by atoms with Gasteiger partial charge in [0.1, 0.15) is 22.7 Å². The molecule has 0 saturated heterocycles. The molecule has 0 aliphatic rings. The zero-order valence-electron chi connectivity index (χ0n) is 11.0. The van der Waals surface area contributed by atoms with E-state index in [1.165, 1.54) is 0 Å². The van der Waals surface area contributed by atoms with E-state index in [9.17, 15) is 14.9 Å². The fourth-order valence-corrected chi connectivity index (χ4v) is 1.75. The molecule has 0 radical (unpaired) electrons. The molecule has 0 fully saturated rings. The van der Waals surface area contributed by atoms with E-state index in [1.54, 1.807) is 6.20 Å². The quantitative estimate of drug-likeness (QED) is 0.514. The highest BCUT2D eigenvalue weighted by molar-refractivity contribution is 6.29. The highest BCUT2D eigenvalue weighted by atomic mass is 35.5. The average Bonchev–Trinajstić information content (AvgIpc) is 2.92. The van der Waals surface area contributed by atoms with E-state index in [1.807, 2.05) is 6.92 Å². The second kappa shape index (κ2) is 6.31. The number of carbonyl (C=O) groups excluding carboxylic acids is 1. The highest BCUT2D eigenvalue weighted by Crippen LogP contribution is 2.20. The molecule has 21 heavy (non-hydrogen) atoms. The third-order valence-electron chi connectivity index (χ3n) is 2.64. The summed E-state index contributed by atoms with van der Waals surface area (Å²) in [5, 5.41) is 13.4. The first-order chi connectivity index (χ1) is 10.0. The van der Waals surface area contributed by atoms with Crippen molar-refractivity contribution in [3.8, 4) is 0 Å². The Morgan fingerprint density at radius 3 is 2.86 bits per heavy atom. The van der Waals surface area contributed by atoms with Gasteiger partial charge in [0.15, 0.2) is 0 Å². The summed E-state index contributed by atoms with van der Waals surface area (Å²) in [4.78, 5) is 29.7. The number of hydrogen-bond donors (Lipinski definition) is 1. The normalized spacial score (nSPS) is 10.4. The number of nitrogens with one attached hydrogen (secondary N) is 1. The average molecular weight is 311 g/mol. The Balaban J connectivity index is 2.13. The van der Waals surface area contributed by atoms with Crippen LogP contribution in [0.1, 0.15) is 28.9 Å². The van der Waals surface area contributed by atoms with Crippen LogP contribution < -0.4 is 5.32 Å². The zero-order valence-corrected chi connectivity index (χ0v) is 11.8. The molecule has 0 unspecified atom stereocenters. The molecule has 1 N–H and O–H groups in total. The number of carbonyl (C=O) groups is 1. The first-order valence-electron chi connectivity index (χ1n) is 6.03. The Hall–Kier alpha value is -2.48. The van der Waals surface area contributed by atoms with Crippen LogP contribution in [-0.2, 0) is 13.0 Å². The van der Waals surface area contributed by atoms with Crippen molar-refractivity contribution < 1.29 is 14.1 Å². The lowest BCUT2D eigenvalue weighted by Crippen LogP contribution is -2.24. The molecule has 1 amide bonds. The molecular weight excluding hydrogens is 300 g/mol. The topological polar surface area (TPSA) is 111 Å². The summed E-state index contributed by atoms with van der Waals surface area (Å²) in [5.74, 6) is 0.363. The zero-order chi connectivity index (χ0) is 15.4. The van der Waals surface area contributed by atoms with E-state index in [4.69, 9.17) is 16.0 Å². The number of pyridine rings is 1. The Bertz CT molecular complexity index is 686. The van der Waals surface area contributed by atoms with Gasteiger partial charge < -0.3 is 9.73 Å². The summed E-state index contributed by atoms with van der Waals surface area (Å²) in [6, 6.07) is 1.14. The van der Waals surface area contributed by atoms with Gasteiger partial charge in [0.2, 0.25) is 5.89 Å². The number of oxazole rings is 1. The van der Waals surface area contributed by atoms with Crippen LogP contribution in [0.15, 0.2) is 22.9 Å². The Kier molecular flexibility index (Phi) is 4.49. The summed E-state index contributed by atoms with van der Waals surface area (Å²) in [7, 11) is 0. The molecule has 0 atom stereocenters. The van der Waals surface area contributed by atoms with Crippen molar-refractivity contribution in [1.29, 1.82) is 0 Å². The molecule has 0 bridgehead atoms. The second-order valence-corrected chi connectivity index (χ2v) is 4.43. The smallest absolute Gasteiger partial charge is 0.300 e. The van der Waals surface area contributed by atoms with Crippen molar-refractivity contribution in [2.24, 2.45) is 0 Å². The molecule has 0 aliphatic carbocycles. The number of nitrogens with zero attached hydrogens (tertiary/aromatic N) is 3. The monoisotopic (exact) mass is 310 g/mol.